The minimum absolute atomic E-state index is 0.0296. The van der Waals surface area contributed by atoms with E-state index in [4.69, 9.17) is 0 Å². The van der Waals surface area contributed by atoms with Crippen molar-refractivity contribution in [2.24, 2.45) is 7.05 Å². The van der Waals surface area contributed by atoms with Gasteiger partial charge in [-0.1, -0.05) is 0 Å². The Kier molecular flexibility index (Phi) is 3.70. The lowest BCUT2D eigenvalue weighted by Crippen LogP contribution is -2.18. The van der Waals surface area contributed by atoms with Crippen LogP contribution >= 0.6 is 0 Å². The predicted molar refractivity (Wildman–Crippen MR) is 72.4 cm³/mol. The molecule has 0 atom stereocenters. The van der Waals surface area contributed by atoms with E-state index in [2.05, 4.69) is 20.1 Å². The van der Waals surface area contributed by atoms with E-state index in [9.17, 15) is 8.42 Å². The summed E-state index contributed by atoms with van der Waals surface area (Å²) in [6, 6.07) is 4.93. The minimum Gasteiger partial charge on any atom is -0.383 e. The topological polar surface area (TPSA) is 88.9 Å². The van der Waals surface area contributed by atoms with Gasteiger partial charge in [-0.2, -0.15) is 13.5 Å². The number of nitrogens with one attached hydrogen (secondary N) is 2. The average molecular weight is 281 g/mol. The second-order valence-corrected chi connectivity index (χ2v) is 5.43. The Morgan fingerprint density at radius 3 is 2.74 bits per heavy atom. The maximum absolute atomic E-state index is 12.3. The fourth-order valence-corrected chi connectivity index (χ4v) is 2.79. The monoisotopic (exact) mass is 281 g/mol. The van der Waals surface area contributed by atoms with E-state index < -0.39 is 10.0 Å². The van der Waals surface area contributed by atoms with E-state index in [1.54, 1.807) is 25.2 Å². The molecule has 7 nitrogen and oxygen atoms in total. The van der Waals surface area contributed by atoms with E-state index in [-0.39, 0.29) is 5.03 Å². The second kappa shape index (κ2) is 5.27. The Morgan fingerprint density at radius 1 is 1.32 bits per heavy atom. The van der Waals surface area contributed by atoms with Crippen LogP contribution in [0.4, 0.5) is 11.5 Å². The van der Waals surface area contributed by atoms with Crippen LogP contribution < -0.4 is 10.0 Å². The Balaban J connectivity index is 2.37. The molecule has 2 N–H and O–H groups in total. The number of aromatic nitrogens is 3. The minimum atomic E-state index is -3.74. The van der Waals surface area contributed by atoms with E-state index in [1.165, 1.54) is 17.1 Å². The molecule has 0 aromatic carbocycles. The molecular formula is C11H15N5O2S. The molecule has 2 heterocycles. The highest BCUT2D eigenvalue weighted by Gasteiger charge is 2.21. The van der Waals surface area contributed by atoms with Crippen LogP contribution in [0, 0.1) is 0 Å². The smallest absolute Gasteiger partial charge is 0.282 e. The molecule has 0 amide bonds. The van der Waals surface area contributed by atoms with Crippen molar-refractivity contribution in [2.45, 2.75) is 11.9 Å². The molecule has 0 aliphatic carbocycles. The summed E-state index contributed by atoms with van der Waals surface area (Å²) in [5, 5.41) is 6.85. The van der Waals surface area contributed by atoms with Crippen molar-refractivity contribution in [3.63, 3.8) is 0 Å². The molecule has 2 rings (SSSR count). The lowest BCUT2D eigenvalue weighted by Gasteiger charge is -2.11. The van der Waals surface area contributed by atoms with Gasteiger partial charge in [0.05, 0.1) is 11.9 Å². The largest absolute Gasteiger partial charge is 0.383 e. The quantitative estimate of drug-likeness (QED) is 0.855. The van der Waals surface area contributed by atoms with E-state index in [0.717, 1.165) is 0 Å². The summed E-state index contributed by atoms with van der Waals surface area (Å²) >= 11 is 0. The fourth-order valence-electron chi connectivity index (χ4n) is 1.59. The van der Waals surface area contributed by atoms with Gasteiger partial charge in [0.25, 0.3) is 10.0 Å². The Bertz CT molecular complexity index is 665. The Labute approximate surface area is 111 Å². The number of nitrogens with zero attached hydrogens (tertiary/aromatic N) is 3. The number of anilines is 2. The first-order valence-corrected chi connectivity index (χ1v) is 7.22. The molecule has 2 aromatic rings. The van der Waals surface area contributed by atoms with Gasteiger partial charge in [0, 0.05) is 25.9 Å². The van der Waals surface area contributed by atoms with E-state index >= 15 is 0 Å². The third-order valence-corrected chi connectivity index (χ3v) is 3.77. The van der Waals surface area contributed by atoms with Gasteiger partial charge in [-0.25, -0.2) is 4.98 Å². The number of pyridine rings is 1. The maximum Gasteiger partial charge on any atom is 0.282 e. The van der Waals surface area contributed by atoms with Crippen LogP contribution in [0.5, 0.6) is 0 Å². The molecule has 0 saturated heterocycles. The highest BCUT2D eigenvalue weighted by molar-refractivity contribution is 7.92. The van der Waals surface area contributed by atoms with Crippen molar-refractivity contribution in [3.8, 4) is 0 Å². The van der Waals surface area contributed by atoms with Crippen molar-refractivity contribution >= 4 is 21.5 Å². The van der Waals surface area contributed by atoms with Crippen molar-refractivity contribution in [1.29, 1.82) is 0 Å². The van der Waals surface area contributed by atoms with Gasteiger partial charge in [0.15, 0.2) is 5.03 Å². The lowest BCUT2D eigenvalue weighted by atomic mass is 10.4. The van der Waals surface area contributed by atoms with Crippen molar-refractivity contribution < 1.29 is 8.42 Å². The highest BCUT2D eigenvalue weighted by atomic mass is 32.2. The predicted octanol–water partition coefficient (Wildman–Crippen LogP) is 1.05. The number of hydrogen-bond acceptors (Lipinski definition) is 5. The molecule has 102 valence electrons. The summed E-state index contributed by atoms with van der Waals surface area (Å²) in [5.41, 5.74) is 0.472. The Hall–Kier alpha value is -2.09. The molecule has 0 saturated carbocycles. The number of rotatable bonds is 5. The number of hydrogen-bond donors (Lipinski definition) is 2. The molecule has 0 spiro atoms. The van der Waals surface area contributed by atoms with Gasteiger partial charge >= 0.3 is 0 Å². The van der Waals surface area contributed by atoms with Crippen LogP contribution in [-0.4, -0.2) is 29.7 Å². The molecule has 0 fully saturated rings. The van der Waals surface area contributed by atoms with Crippen LogP contribution in [0.15, 0.2) is 35.6 Å². The standard InChI is InChI=1S/C11H15N5O2S/c1-3-12-9-5-4-7-13-11(9)19(17,18)15-10-6-8-14-16(10)2/h4-8,12,15H,3H2,1-2H3. The van der Waals surface area contributed by atoms with Crippen molar-refractivity contribution in [1.82, 2.24) is 14.8 Å². The molecule has 0 unspecified atom stereocenters. The molecule has 0 bridgehead atoms. The van der Waals surface area contributed by atoms with Crippen LogP contribution in [0.2, 0.25) is 0 Å². The van der Waals surface area contributed by atoms with Gasteiger partial charge in [0.2, 0.25) is 0 Å². The maximum atomic E-state index is 12.3. The summed E-state index contributed by atoms with van der Waals surface area (Å²) in [6.45, 7) is 2.50. The van der Waals surface area contributed by atoms with E-state index in [1.807, 2.05) is 6.92 Å². The zero-order chi connectivity index (χ0) is 13.9. The van der Waals surface area contributed by atoms with Crippen molar-refractivity contribution in [3.05, 3.63) is 30.6 Å². The van der Waals surface area contributed by atoms with Crippen LogP contribution in [0.25, 0.3) is 0 Å². The molecule has 8 heteroatoms. The van der Waals surface area contributed by atoms with Crippen LogP contribution in [-0.2, 0) is 17.1 Å². The zero-order valence-electron chi connectivity index (χ0n) is 10.7. The SMILES string of the molecule is CCNc1cccnc1S(=O)(=O)Nc1ccnn1C. The van der Waals surface area contributed by atoms with Gasteiger partial charge in [-0.15, -0.1) is 0 Å². The van der Waals surface area contributed by atoms with Crippen LogP contribution in [0.1, 0.15) is 6.92 Å². The van der Waals surface area contributed by atoms with Gasteiger partial charge in [-0.3, -0.25) is 9.40 Å². The van der Waals surface area contributed by atoms with Gasteiger partial charge in [-0.05, 0) is 19.1 Å². The third-order valence-electron chi connectivity index (χ3n) is 2.45. The molecule has 19 heavy (non-hydrogen) atoms. The average Bonchev–Trinajstić information content (AvgIpc) is 2.75. The third kappa shape index (κ3) is 2.84. The molecular weight excluding hydrogens is 266 g/mol. The molecule has 0 radical (unpaired) electrons. The summed E-state index contributed by atoms with van der Waals surface area (Å²) in [4.78, 5) is 3.94. The number of aryl methyl sites for hydroxylation is 1. The lowest BCUT2D eigenvalue weighted by molar-refractivity contribution is 0.597. The summed E-state index contributed by atoms with van der Waals surface area (Å²) in [7, 11) is -2.09. The second-order valence-electron chi connectivity index (χ2n) is 3.83. The first-order chi connectivity index (χ1) is 9.04. The van der Waals surface area contributed by atoms with Crippen LogP contribution in [0.3, 0.4) is 0 Å². The first kappa shape index (κ1) is 13.3. The zero-order valence-corrected chi connectivity index (χ0v) is 11.5. The summed E-state index contributed by atoms with van der Waals surface area (Å²) in [5.74, 6) is 0.383. The van der Waals surface area contributed by atoms with Crippen molar-refractivity contribution in [2.75, 3.05) is 16.6 Å². The highest BCUT2D eigenvalue weighted by Crippen LogP contribution is 2.20. The first-order valence-electron chi connectivity index (χ1n) is 5.74. The summed E-state index contributed by atoms with van der Waals surface area (Å²) in [6.07, 6.45) is 2.96. The fraction of sp³-hybridized carbons (Fsp3) is 0.273. The number of sulfonamides is 1. The summed E-state index contributed by atoms with van der Waals surface area (Å²) < 4.78 is 28.5. The normalized spacial score (nSPS) is 11.3. The molecule has 0 aliphatic heterocycles. The van der Waals surface area contributed by atoms with Gasteiger partial charge < -0.3 is 5.32 Å². The van der Waals surface area contributed by atoms with Gasteiger partial charge in [0.1, 0.15) is 5.82 Å². The van der Waals surface area contributed by atoms with E-state index in [0.29, 0.717) is 18.1 Å². The molecule has 0 aliphatic rings. The molecule has 2 aromatic heterocycles. The Morgan fingerprint density at radius 2 is 2.11 bits per heavy atom.